The van der Waals surface area contributed by atoms with Gasteiger partial charge in [0.15, 0.2) is 0 Å². The van der Waals surface area contributed by atoms with Gasteiger partial charge in [-0.2, -0.15) is 0 Å². The summed E-state index contributed by atoms with van der Waals surface area (Å²) in [6.45, 7) is 5.65. The number of fused-ring (bicyclic) bond motifs is 1. The summed E-state index contributed by atoms with van der Waals surface area (Å²) in [6.07, 6.45) is 0. The third-order valence-electron chi connectivity index (χ3n) is 2.66. The lowest BCUT2D eigenvalue weighted by Gasteiger charge is -2.22. The molecule has 0 aliphatic heterocycles. The summed E-state index contributed by atoms with van der Waals surface area (Å²) in [5, 5.41) is 0. The van der Waals surface area contributed by atoms with Gasteiger partial charge in [-0.25, -0.2) is 4.98 Å². The molecule has 0 aliphatic carbocycles. The van der Waals surface area contributed by atoms with E-state index in [0.29, 0.717) is 5.82 Å². The molecule has 5 heteroatoms. The average molecular weight is 261 g/mol. The van der Waals surface area contributed by atoms with Crippen LogP contribution in [0.15, 0.2) is 24.3 Å². The van der Waals surface area contributed by atoms with Crippen molar-refractivity contribution in [3.8, 4) is 0 Å². The summed E-state index contributed by atoms with van der Waals surface area (Å²) in [6, 6.07) is 7.61. The SMILES string of the molecule is CC(C)(C)OC(=O)[C@@H](CN)c1nc2ccccc2[nH]1. The minimum absolute atomic E-state index is 0.161. The van der Waals surface area contributed by atoms with Crippen molar-refractivity contribution in [2.24, 2.45) is 5.73 Å². The van der Waals surface area contributed by atoms with Gasteiger partial charge in [-0.3, -0.25) is 4.79 Å². The van der Waals surface area contributed by atoms with Crippen LogP contribution in [0.3, 0.4) is 0 Å². The molecule has 0 saturated carbocycles. The molecule has 0 amide bonds. The Morgan fingerprint density at radius 3 is 2.68 bits per heavy atom. The topological polar surface area (TPSA) is 81.0 Å². The van der Waals surface area contributed by atoms with E-state index < -0.39 is 11.5 Å². The van der Waals surface area contributed by atoms with Crippen molar-refractivity contribution in [2.75, 3.05) is 6.54 Å². The fourth-order valence-corrected chi connectivity index (χ4v) is 1.83. The number of hydrogen-bond donors (Lipinski definition) is 2. The highest BCUT2D eigenvalue weighted by molar-refractivity contribution is 5.81. The maximum absolute atomic E-state index is 12.1. The molecule has 0 aliphatic rings. The van der Waals surface area contributed by atoms with Crippen molar-refractivity contribution < 1.29 is 9.53 Å². The van der Waals surface area contributed by atoms with Gasteiger partial charge in [0.2, 0.25) is 0 Å². The van der Waals surface area contributed by atoms with E-state index in [0.717, 1.165) is 11.0 Å². The molecule has 102 valence electrons. The Bertz CT molecular complexity index is 551. The van der Waals surface area contributed by atoms with Crippen LogP contribution < -0.4 is 5.73 Å². The number of imidazole rings is 1. The number of H-pyrrole nitrogens is 1. The third-order valence-corrected chi connectivity index (χ3v) is 2.66. The van der Waals surface area contributed by atoms with Gasteiger partial charge in [-0.15, -0.1) is 0 Å². The summed E-state index contributed by atoms with van der Waals surface area (Å²) in [7, 11) is 0. The summed E-state index contributed by atoms with van der Waals surface area (Å²) >= 11 is 0. The molecule has 1 aromatic heterocycles. The van der Waals surface area contributed by atoms with Crippen LogP contribution in [0, 0.1) is 0 Å². The van der Waals surface area contributed by atoms with E-state index in [4.69, 9.17) is 10.5 Å². The van der Waals surface area contributed by atoms with Crippen molar-refractivity contribution >= 4 is 17.0 Å². The zero-order valence-electron chi connectivity index (χ0n) is 11.4. The van der Waals surface area contributed by atoms with Gasteiger partial charge < -0.3 is 15.5 Å². The highest BCUT2D eigenvalue weighted by Crippen LogP contribution is 2.20. The van der Waals surface area contributed by atoms with Gasteiger partial charge in [-0.05, 0) is 32.9 Å². The van der Waals surface area contributed by atoms with E-state index in [1.165, 1.54) is 0 Å². The number of rotatable bonds is 3. The van der Waals surface area contributed by atoms with Crippen molar-refractivity contribution in [3.63, 3.8) is 0 Å². The van der Waals surface area contributed by atoms with E-state index in [-0.39, 0.29) is 12.5 Å². The molecule has 1 heterocycles. The van der Waals surface area contributed by atoms with Gasteiger partial charge in [-0.1, -0.05) is 12.1 Å². The first-order valence-electron chi connectivity index (χ1n) is 6.28. The Morgan fingerprint density at radius 1 is 1.42 bits per heavy atom. The lowest BCUT2D eigenvalue weighted by molar-refractivity contribution is -0.156. The second-order valence-electron chi connectivity index (χ2n) is 5.46. The van der Waals surface area contributed by atoms with Crippen LogP contribution in [0.5, 0.6) is 0 Å². The van der Waals surface area contributed by atoms with Crippen LogP contribution >= 0.6 is 0 Å². The average Bonchev–Trinajstić information content (AvgIpc) is 2.70. The number of hydrogen-bond acceptors (Lipinski definition) is 4. The maximum Gasteiger partial charge on any atom is 0.318 e. The Hall–Kier alpha value is -1.88. The Kier molecular flexibility index (Phi) is 3.57. The molecule has 0 radical (unpaired) electrons. The molecule has 5 nitrogen and oxygen atoms in total. The third kappa shape index (κ3) is 3.12. The van der Waals surface area contributed by atoms with E-state index in [1.807, 2.05) is 45.0 Å². The van der Waals surface area contributed by atoms with E-state index >= 15 is 0 Å². The van der Waals surface area contributed by atoms with Gasteiger partial charge >= 0.3 is 5.97 Å². The number of carbonyl (C=O) groups excluding carboxylic acids is 1. The smallest absolute Gasteiger partial charge is 0.318 e. The van der Waals surface area contributed by atoms with Gasteiger partial charge in [0, 0.05) is 6.54 Å². The van der Waals surface area contributed by atoms with Crippen molar-refractivity contribution in [1.82, 2.24) is 9.97 Å². The van der Waals surface area contributed by atoms with Crippen LogP contribution in [0.2, 0.25) is 0 Å². The number of aromatic amines is 1. The number of para-hydroxylation sites is 2. The second-order valence-corrected chi connectivity index (χ2v) is 5.46. The number of esters is 1. The molecule has 0 fully saturated rings. The summed E-state index contributed by atoms with van der Waals surface area (Å²) in [5.41, 5.74) is 6.86. The molecule has 19 heavy (non-hydrogen) atoms. The molecule has 1 aromatic carbocycles. The number of aromatic nitrogens is 2. The Labute approximate surface area is 112 Å². The first-order chi connectivity index (χ1) is 8.90. The number of nitrogens with zero attached hydrogens (tertiary/aromatic N) is 1. The van der Waals surface area contributed by atoms with E-state index in [1.54, 1.807) is 0 Å². The zero-order chi connectivity index (χ0) is 14.0. The largest absolute Gasteiger partial charge is 0.459 e. The van der Waals surface area contributed by atoms with Gasteiger partial charge in [0.1, 0.15) is 17.3 Å². The minimum atomic E-state index is -0.563. The highest BCUT2D eigenvalue weighted by atomic mass is 16.6. The molecule has 2 aromatic rings. The quantitative estimate of drug-likeness (QED) is 0.827. The lowest BCUT2D eigenvalue weighted by Crippen LogP contribution is -2.31. The summed E-state index contributed by atoms with van der Waals surface area (Å²) in [5.74, 6) is -0.362. The molecule has 3 N–H and O–H groups in total. The fraction of sp³-hybridized carbons (Fsp3) is 0.429. The monoisotopic (exact) mass is 261 g/mol. The van der Waals surface area contributed by atoms with Gasteiger partial charge in [0.25, 0.3) is 0 Å². The standard InChI is InChI=1S/C14H19N3O2/c1-14(2,3)19-13(18)9(8-15)12-16-10-6-4-5-7-11(10)17-12/h4-7,9H,8,15H2,1-3H3,(H,16,17)/t9-/m0/s1. The van der Waals surface area contributed by atoms with Crippen LogP contribution in [0.25, 0.3) is 11.0 Å². The minimum Gasteiger partial charge on any atom is -0.459 e. The molecule has 0 saturated heterocycles. The van der Waals surface area contributed by atoms with Crippen LogP contribution in [-0.2, 0) is 9.53 Å². The molecule has 0 bridgehead atoms. The first kappa shape index (κ1) is 13.5. The highest BCUT2D eigenvalue weighted by Gasteiger charge is 2.27. The van der Waals surface area contributed by atoms with E-state index in [9.17, 15) is 4.79 Å². The predicted molar refractivity (Wildman–Crippen MR) is 73.7 cm³/mol. The fourth-order valence-electron chi connectivity index (χ4n) is 1.83. The second kappa shape index (κ2) is 5.01. The number of benzene rings is 1. The molecular weight excluding hydrogens is 242 g/mol. The van der Waals surface area contributed by atoms with Crippen LogP contribution in [-0.4, -0.2) is 28.1 Å². The van der Waals surface area contributed by atoms with Gasteiger partial charge in [0.05, 0.1) is 11.0 Å². The first-order valence-corrected chi connectivity index (χ1v) is 6.28. The number of nitrogens with two attached hydrogens (primary N) is 1. The maximum atomic E-state index is 12.1. The number of carbonyl (C=O) groups is 1. The Morgan fingerprint density at radius 2 is 2.11 bits per heavy atom. The number of ether oxygens (including phenoxy) is 1. The number of nitrogens with one attached hydrogen (secondary N) is 1. The van der Waals surface area contributed by atoms with E-state index in [2.05, 4.69) is 9.97 Å². The molecule has 0 spiro atoms. The van der Waals surface area contributed by atoms with Crippen molar-refractivity contribution in [1.29, 1.82) is 0 Å². The molecule has 2 rings (SSSR count). The molecule has 1 atom stereocenters. The summed E-state index contributed by atoms with van der Waals surface area (Å²) in [4.78, 5) is 19.6. The van der Waals surface area contributed by atoms with Crippen LogP contribution in [0.4, 0.5) is 0 Å². The normalized spacial score (nSPS) is 13.5. The molecular formula is C14H19N3O2. The van der Waals surface area contributed by atoms with Crippen molar-refractivity contribution in [2.45, 2.75) is 32.3 Å². The Balaban J connectivity index is 2.28. The predicted octanol–water partition coefficient (Wildman–Crippen LogP) is 1.95. The van der Waals surface area contributed by atoms with Crippen molar-refractivity contribution in [3.05, 3.63) is 30.1 Å². The zero-order valence-corrected chi connectivity index (χ0v) is 11.4. The molecule has 0 unspecified atom stereocenters. The summed E-state index contributed by atoms with van der Waals surface area (Å²) < 4.78 is 5.36. The lowest BCUT2D eigenvalue weighted by atomic mass is 10.1. The van der Waals surface area contributed by atoms with Crippen LogP contribution in [0.1, 0.15) is 32.5 Å².